The number of amides is 1. The van der Waals surface area contributed by atoms with Crippen molar-refractivity contribution >= 4 is 48.5 Å². The minimum atomic E-state index is 0.0355. The van der Waals surface area contributed by atoms with Crippen LogP contribution in [-0.2, 0) is 12.8 Å². The second kappa shape index (κ2) is 8.31. The quantitative estimate of drug-likeness (QED) is 0.531. The van der Waals surface area contributed by atoms with Crippen molar-refractivity contribution in [2.45, 2.75) is 25.7 Å². The molecule has 0 spiro atoms. The lowest BCUT2D eigenvalue weighted by Gasteiger charge is -2.23. The van der Waals surface area contributed by atoms with Crippen LogP contribution in [-0.4, -0.2) is 43.0 Å². The molecular formula is C22H24BrN3OS. The van der Waals surface area contributed by atoms with Crippen molar-refractivity contribution in [2.24, 2.45) is 0 Å². The lowest BCUT2D eigenvalue weighted by atomic mass is 9.90. The first-order chi connectivity index (χ1) is 13.5. The van der Waals surface area contributed by atoms with Gasteiger partial charge in [0.2, 0.25) is 0 Å². The Morgan fingerprint density at radius 2 is 1.86 bits per heavy atom. The molecule has 0 saturated carbocycles. The zero-order valence-corrected chi connectivity index (χ0v) is 18.6. The van der Waals surface area contributed by atoms with Gasteiger partial charge in [-0.2, -0.15) is 0 Å². The lowest BCUT2D eigenvalue weighted by molar-refractivity contribution is 0.0985. The van der Waals surface area contributed by atoms with Gasteiger partial charge in [0.1, 0.15) is 0 Å². The van der Waals surface area contributed by atoms with Crippen LogP contribution in [0.15, 0.2) is 40.9 Å². The number of aryl methyl sites for hydroxylation is 2. The number of fused-ring (bicyclic) bond motifs is 2. The standard InChI is InChI=1S/C22H24BrN3OS/c1-25(2)11-12-26(22-24-19-10-9-18(23)14-20(19)28-22)21(27)17-8-7-15-5-3-4-6-16(15)13-17/h7-10,13-14H,3-6,11-12H2,1-2H3. The summed E-state index contributed by atoms with van der Waals surface area (Å²) >= 11 is 5.09. The molecule has 0 unspecified atom stereocenters. The summed E-state index contributed by atoms with van der Waals surface area (Å²) in [4.78, 5) is 22.1. The summed E-state index contributed by atoms with van der Waals surface area (Å²) < 4.78 is 2.11. The second-order valence-electron chi connectivity index (χ2n) is 7.56. The third-order valence-corrected chi connectivity index (χ3v) is 6.72. The SMILES string of the molecule is CN(C)CCN(C(=O)c1ccc2c(c1)CCCC2)c1nc2ccc(Br)cc2s1. The van der Waals surface area contributed by atoms with E-state index >= 15 is 0 Å². The average Bonchev–Trinajstić information content (AvgIpc) is 3.10. The maximum Gasteiger partial charge on any atom is 0.260 e. The number of anilines is 1. The van der Waals surface area contributed by atoms with Gasteiger partial charge >= 0.3 is 0 Å². The van der Waals surface area contributed by atoms with Crippen LogP contribution in [0.5, 0.6) is 0 Å². The molecule has 3 aromatic rings. The normalized spacial score (nSPS) is 13.7. The fourth-order valence-electron chi connectivity index (χ4n) is 3.61. The highest BCUT2D eigenvalue weighted by Gasteiger charge is 2.23. The Balaban J connectivity index is 1.69. The molecule has 0 bridgehead atoms. The highest BCUT2D eigenvalue weighted by molar-refractivity contribution is 9.10. The third-order valence-electron chi connectivity index (χ3n) is 5.18. The molecular weight excluding hydrogens is 434 g/mol. The number of rotatable bonds is 5. The van der Waals surface area contributed by atoms with Crippen molar-refractivity contribution in [1.82, 2.24) is 9.88 Å². The molecule has 1 amide bonds. The minimum Gasteiger partial charge on any atom is -0.308 e. The highest BCUT2D eigenvalue weighted by Crippen LogP contribution is 2.32. The molecule has 2 aromatic carbocycles. The van der Waals surface area contributed by atoms with E-state index in [1.807, 2.05) is 37.2 Å². The van der Waals surface area contributed by atoms with Crippen LogP contribution in [0.25, 0.3) is 10.2 Å². The summed E-state index contributed by atoms with van der Waals surface area (Å²) in [5.74, 6) is 0.0355. The van der Waals surface area contributed by atoms with Gasteiger partial charge < -0.3 is 4.90 Å². The van der Waals surface area contributed by atoms with E-state index in [4.69, 9.17) is 4.98 Å². The third kappa shape index (κ3) is 4.14. The fraction of sp³-hybridized carbons (Fsp3) is 0.364. The molecule has 6 heteroatoms. The van der Waals surface area contributed by atoms with E-state index in [1.165, 1.54) is 24.0 Å². The Morgan fingerprint density at radius 1 is 1.07 bits per heavy atom. The summed E-state index contributed by atoms with van der Waals surface area (Å²) in [7, 11) is 4.05. The van der Waals surface area contributed by atoms with Crippen LogP contribution >= 0.6 is 27.3 Å². The molecule has 0 fully saturated rings. The summed E-state index contributed by atoms with van der Waals surface area (Å²) in [6.07, 6.45) is 4.66. The molecule has 1 heterocycles. The van der Waals surface area contributed by atoms with Crippen molar-refractivity contribution < 1.29 is 4.79 Å². The van der Waals surface area contributed by atoms with Crippen molar-refractivity contribution in [1.29, 1.82) is 0 Å². The largest absolute Gasteiger partial charge is 0.308 e. The van der Waals surface area contributed by atoms with Crippen molar-refractivity contribution in [2.75, 3.05) is 32.1 Å². The maximum atomic E-state index is 13.5. The predicted molar refractivity (Wildman–Crippen MR) is 121 cm³/mol. The van der Waals surface area contributed by atoms with Crippen molar-refractivity contribution in [3.8, 4) is 0 Å². The number of benzene rings is 2. The smallest absolute Gasteiger partial charge is 0.260 e. The van der Waals surface area contributed by atoms with E-state index in [-0.39, 0.29) is 5.91 Å². The van der Waals surface area contributed by atoms with Crippen LogP contribution < -0.4 is 4.90 Å². The molecule has 1 aromatic heterocycles. The monoisotopic (exact) mass is 457 g/mol. The molecule has 1 aliphatic carbocycles. The molecule has 1 aliphatic rings. The van der Waals surface area contributed by atoms with Gasteiger partial charge in [-0.15, -0.1) is 0 Å². The maximum absolute atomic E-state index is 13.5. The number of nitrogens with zero attached hydrogens (tertiary/aromatic N) is 3. The molecule has 4 rings (SSSR count). The van der Waals surface area contributed by atoms with Gasteiger partial charge in [0, 0.05) is 23.1 Å². The number of likely N-dealkylation sites (N-methyl/N-ethyl adjacent to an activating group) is 1. The zero-order chi connectivity index (χ0) is 19.7. The van der Waals surface area contributed by atoms with E-state index in [0.29, 0.717) is 6.54 Å². The second-order valence-corrected chi connectivity index (χ2v) is 9.48. The number of halogens is 1. The van der Waals surface area contributed by atoms with Gasteiger partial charge in [0.15, 0.2) is 5.13 Å². The average molecular weight is 458 g/mol. The predicted octanol–water partition coefficient (Wildman–Crippen LogP) is 5.15. The van der Waals surface area contributed by atoms with Gasteiger partial charge in [0.05, 0.1) is 10.2 Å². The lowest BCUT2D eigenvalue weighted by Crippen LogP contribution is -2.36. The summed E-state index contributed by atoms with van der Waals surface area (Å²) in [6.45, 7) is 1.40. The number of hydrogen-bond acceptors (Lipinski definition) is 4. The molecule has 0 saturated heterocycles. The number of carbonyl (C=O) groups is 1. The summed E-state index contributed by atoms with van der Waals surface area (Å²) in [5, 5.41) is 0.762. The Morgan fingerprint density at radius 3 is 2.64 bits per heavy atom. The van der Waals surface area contributed by atoms with Crippen LogP contribution in [0.2, 0.25) is 0 Å². The summed E-state index contributed by atoms with van der Waals surface area (Å²) in [5.41, 5.74) is 4.42. The first kappa shape index (κ1) is 19.6. The molecule has 0 atom stereocenters. The Labute approximate surface area is 178 Å². The summed E-state index contributed by atoms with van der Waals surface area (Å²) in [6, 6.07) is 12.3. The van der Waals surface area contributed by atoms with Gasteiger partial charge in [-0.3, -0.25) is 9.69 Å². The zero-order valence-electron chi connectivity index (χ0n) is 16.2. The molecule has 0 radical (unpaired) electrons. The van der Waals surface area contributed by atoms with Crippen molar-refractivity contribution in [3.63, 3.8) is 0 Å². The highest BCUT2D eigenvalue weighted by atomic mass is 79.9. The molecule has 4 nitrogen and oxygen atoms in total. The molecule has 28 heavy (non-hydrogen) atoms. The van der Waals surface area contributed by atoms with E-state index in [2.05, 4.69) is 39.0 Å². The van der Waals surface area contributed by atoms with Gasteiger partial charge in [-0.1, -0.05) is 33.3 Å². The van der Waals surface area contributed by atoms with Crippen molar-refractivity contribution in [3.05, 3.63) is 57.6 Å². The molecule has 0 N–H and O–H groups in total. The minimum absolute atomic E-state index is 0.0355. The Hall–Kier alpha value is -1.76. The van der Waals surface area contributed by atoms with E-state index in [0.717, 1.165) is 44.8 Å². The van der Waals surface area contributed by atoms with Crippen LogP contribution in [0.4, 0.5) is 5.13 Å². The number of thiazole rings is 1. The first-order valence-corrected chi connectivity index (χ1v) is 11.3. The number of hydrogen-bond donors (Lipinski definition) is 0. The first-order valence-electron chi connectivity index (χ1n) is 9.66. The van der Waals surface area contributed by atoms with E-state index in [9.17, 15) is 4.79 Å². The van der Waals surface area contributed by atoms with E-state index < -0.39 is 0 Å². The Kier molecular flexibility index (Phi) is 5.80. The molecule has 0 aliphatic heterocycles. The van der Waals surface area contributed by atoms with Crippen LogP contribution in [0.1, 0.15) is 34.3 Å². The number of aromatic nitrogens is 1. The topological polar surface area (TPSA) is 36.4 Å². The fourth-order valence-corrected chi connectivity index (χ4v) is 5.15. The Bertz CT molecular complexity index is 1010. The van der Waals surface area contributed by atoms with Crippen LogP contribution in [0.3, 0.4) is 0 Å². The van der Waals surface area contributed by atoms with Gasteiger partial charge in [-0.25, -0.2) is 4.98 Å². The van der Waals surface area contributed by atoms with Gasteiger partial charge in [0.25, 0.3) is 5.91 Å². The number of carbonyl (C=O) groups excluding carboxylic acids is 1. The molecule has 146 valence electrons. The van der Waals surface area contributed by atoms with Crippen LogP contribution in [0, 0.1) is 0 Å². The van der Waals surface area contributed by atoms with Gasteiger partial charge in [-0.05, 0) is 81.2 Å². The van der Waals surface area contributed by atoms with E-state index in [1.54, 1.807) is 11.3 Å².